The third kappa shape index (κ3) is 2.69. The second-order valence-electron chi connectivity index (χ2n) is 4.31. The molecule has 0 aliphatic rings. The first-order valence-electron chi connectivity index (χ1n) is 5.74. The van der Waals surface area contributed by atoms with Crippen molar-refractivity contribution in [2.24, 2.45) is 0 Å². The van der Waals surface area contributed by atoms with Crippen molar-refractivity contribution in [3.8, 4) is 5.75 Å². The predicted octanol–water partition coefficient (Wildman–Crippen LogP) is 2.81. The Bertz CT molecular complexity index is 664. The zero-order chi connectivity index (χ0) is 14.9. The van der Waals surface area contributed by atoms with Crippen molar-refractivity contribution in [1.82, 2.24) is 0 Å². The van der Waals surface area contributed by atoms with E-state index < -0.39 is 17.5 Å². The molecule has 0 atom stereocenters. The van der Waals surface area contributed by atoms with Crippen LogP contribution in [0.4, 0.5) is 20.2 Å². The van der Waals surface area contributed by atoms with Crippen molar-refractivity contribution in [3.05, 3.63) is 53.1 Å². The second kappa shape index (κ2) is 5.16. The highest BCUT2D eigenvalue weighted by molar-refractivity contribution is 6.06. The molecule has 0 unspecified atom stereocenters. The van der Waals surface area contributed by atoms with E-state index in [1.54, 1.807) is 6.92 Å². The largest absolute Gasteiger partial charge is 0.508 e. The lowest BCUT2D eigenvalue weighted by Crippen LogP contribution is -2.14. The van der Waals surface area contributed by atoms with Gasteiger partial charge in [0.15, 0.2) is 5.82 Å². The van der Waals surface area contributed by atoms with Crippen molar-refractivity contribution in [3.63, 3.8) is 0 Å². The molecule has 20 heavy (non-hydrogen) atoms. The first kappa shape index (κ1) is 13.8. The summed E-state index contributed by atoms with van der Waals surface area (Å²) in [5.74, 6) is -2.33. The lowest BCUT2D eigenvalue weighted by atomic mass is 10.1. The number of aryl methyl sites for hydroxylation is 1. The fourth-order valence-corrected chi connectivity index (χ4v) is 1.71. The van der Waals surface area contributed by atoms with Crippen molar-refractivity contribution >= 4 is 17.3 Å². The minimum atomic E-state index is -0.952. The lowest BCUT2D eigenvalue weighted by Gasteiger charge is -2.10. The van der Waals surface area contributed by atoms with Gasteiger partial charge in [-0.15, -0.1) is 0 Å². The molecule has 2 rings (SSSR count). The summed E-state index contributed by atoms with van der Waals surface area (Å²) in [7, 11) is 0. The Morgan fingerprint density at radius 3 is 2.55 bits per heavy atom. The van der Waals surface area contributed by atoms with E-state index in [4.69, 9.17) is 5.73 Å². The van der Waals surface area contributed by atoms with E-state index in [1.807, 2.05) is 0 Å². The molecule has 4 N–H and O–H groups in total. The Kier molecular flexibility index (Phi) is 3.56. The number of phenols is 1. The molecule has 0 aliphatic heterocycles. The molecule has 2 aromatic carbocycles. The maximum absolute atomic E-state index is 13.6. The minimum Gasteiger partial charge on any atom is -0.508 e. The lowest BCUT2D eigenvalue weighted by molar-refractivity contribution is 0.102. The van der Waals surface area contributed by atoms with Crippen LogP contribution in [0, 0.1) is 18.6 Å². The van der Waals surface area contributed by atoms with E-state index in [1.165, 1.54) is 18.2 Å². The molecule has 0 aliphatic carbocycles. The Labute approximate surface area is 113 Å². The van der Waals surface area contributed by atoms with Crippen LogP contribution in [0.5, 0.6) is 5.75 Å². The molecule has 0 radical (unpaired) electrons. The van der Waals surface area contributed by atoms with Crippen LogP contribution in [0.3, 0.4) is 0 Å². The molecule has 0 saturated heterocycles. The molecule has 0 bridgehead atoms. The van der Waals surface area contributed by atoms with E-state index in [2.05, 4.69) is 5.32 Å². The maximum atomic E-state index is 13.6. The number of carbonyl (C=O) groups is 1. The van der Waals surface area contributed by atoms with E-state index in [0.29, 0.717) is 11.6 Å². The number of hydrogen-bond acceptors (Lipinski definition) is 3. The van der Waals surface area contributed by atoms with Gasteiger partial charge < -0.3 is 16.2 Å². The Morgan fingerprint density at radius 2 is 1.95 bits per heavy atom. The number of amides is 1. The molecule has 0 spiro atoms. The van der Waals surface area contributed by atoms with Crippen LogP contribution >= 0.6 is 0 Å². The van der Waals surface area contributed by atoms with Crippen LogP contribution in [-0.4, -0.2) is 11.0 Å². The summed E-state index contributed by atoms with van der Waals surface area (Å²) in [6.45, 7) is 1.62. The van der Waals surface area contributed by atoms with Crippen LogP contribution in [0.25, 0.3) is 0 Å². The quantitative estimate of drug-likeness (QED) is 0.739. The zero-order valence-electron chi connectivity index (χ0n) is 10.6. The third-order valence-corrected chi connectivity index (χ3v) is 2.78. The number of hydrogen-bond donors (Lipinski definition) is 3. The van der Waals surface area contributed by atoms with E-state index in [0.717, 1.165) is 6.07 Å². The number of aromatic hydroxyl groups is 1. The van der Waals surface area contributed by atoms with Crippen molar-refractivity contribution in [2.75, 3.05) is 11.1 Å². The van der Waals surface area contributed by atoms with E-state index >= 15 is 0 Å². The van der Waals surface area contributed by atoms with Crippen molar-refractivity contribution in [2.45, 2.75) is 6.92 Å². The van der Waals surface area contributed by atoms with Gasteiger partial charge in [0.05, 0.1) is 5.69 Å². The van der Waals surface area contributed by atoms with Gasteiger partial charge in [-0.2, -0.15) is 0 Å². The third-order valence-electron chi connectivity index (χ3n) is 2.78. The molecular formula is C14H12F2N2O2. The van der Waals surface area contributed by atoms with Gasteiger partial charge in [0.2, 0.25) is 0 Å². The number of carbonyl (C=O) groups excluding carboxylic acids is 1. The van der Waals surface area contributed by atoms with Gasteiger partial charge in [0.1, 0.15) is 17.3 Å². The second-order valence-corrected chi connectivity index (χ2v) is 4.31. The summed E-state index contributed by atoms with van der Waals surface area (Å²) in [5, 5.41) is 11.7. The van der Waals surface area contributed by atoms with Crippen molar-refractivity contribution < 1.29 is 18.7 Å². The number of anilines is 2. The average Bonchev–Trinajstić information content (AvgIpc) is 2.36. The fraction of sp³-hybridized carbons (Fsp3) is 0.0714. The average molecular weight is 278 g/mol. The number of halogens is 2. The highest BCUT2D eigenvalue weighted by atomic mass is 19.1. The minimum absolute atomic E-state index is 0.0500. The van der Waals surface area contributed by atoms with E-state index in [-0.39, 0.29) is 22.7 Å². The fourth-order valence-electron chi connectivity index (χ4n) is 1.71. The number of nitrogens with one attached hydrogen (secondary N) is 1. The number of phenolic OH excluding ortho intramolecular Hbond substituents is 1. The molecule has 2 aromatic rings. The normalized spacial score (nSPS) is 10.3. The first-order chi connectivity index (χ1) is 9.38. The molecule has 0 heterocycles. The molecule has 1 amide bonds. The summed E-state index contributed by atoms with van der Waals surface area (Å²) in [6.07, 6.45) is 0. The Hall–Kier alpha value is -2.63. The number of benzene rings is 2. The van der Waals surface area contributed by atoms with E-state index in [9.17, 15) is 18.7 Å². The van der Waals surface area contributed by atoms with Crippen LogP contribution < -0.4 is 11.1 Å². The first-order valence-corrected chi connectivity index (χ1v) is 5.74. The van der Waals surface area contributed by atoms with Gasteiger partial charge >= 0.3 is 0 Å². The molecule has 0 fully saturated rings. The SMILES string of the molecule is Cc1cc(C(=O)Nc2c(N)cc(F)cc2F)ccc1O. The van der Waals surface area contributed by atoms with Gasteiger partial charge in [-0.25, -0.2) is 8.78 Å². The summed E-state index contributed by atoms with van der Waals surface area (Å²) in [4.78, 5) is 12.0. The number of nitrogen functional groups attached to an aromatic ring is 1. The topological polar surface area (TPSA) is 75.4 Å². The molecule has 4 nitrogen and oxygen atoms in total. The molecule has 0 saturated carbocycles. The summed E-state index contributed by atoms with van der Waals surface area (Å²) < 4.78 is 26.5. The number of nitrogens with two attached hydrogens (primary N) is 1. The highest BCUT2D eigenvalue weighted by Crippen LogP contribution is 2.25. The van der Waals surface area contributed by atoms with Crippen LogP contribution in [0.2, 0.25) is 0 Å². The standard InChI is InChI=1S/C14H12F2N2O2/c1-7-4-8(2-3-12(7)19)14(20)18-13-10(16)5-9(15)6-11(13)17/h2-6,19H,17H2,1H3,(H,18,20). The maximum Gasteiger partial charge on any atom is 0.255 e. The van der Waals surface area contributed by atoms with Gasteiger partial charge in [0, 0.05) is 11.6 Å². The monoisotopic (exact) mass is 278 g/mol. The summed E-state index contributed by atoms with van der Waals surface area (Å²) in [6, 6.07) is 5.74. The Balaban J connectivity index is 2.30. The van der Waals surface area contributed by atoms with Crippen LogP contribution in [-0.2, 0) is 0 Å². The molecule has 0 aromatic heterocycles. The van der Waals surface area contributed by atoms with Gasteiger partial charge in [0.25, 0.3) is 5.91 Å². The summed E-state index contributed by atoms with van der Waals surface area (Å²) in [5.41, 5.74) is 5.72. The zero-order valence-corrected chi connectivity index (χ0v) is 10.6. The molecule has 104 valence electrons. The molecule has 6 heteroatoms. The molecular weight excluding hydrogens is 266 g/mol. The van der Waals surface area contributed by atoms with Crippen LogP contribution in [0.1, 0.15) is 15.9 Å². The predicted molar refractivity (Wildman–Crippen MR) is 71.6 cm³/mol. The van der Waals surface area contributed by atoms with Crippen molar-refractivity contribution in [1.29, 1.82) is 0 Å². The van der Waals surface area contributed by atoms with Crippen LogP contribution in [0.15, 0.2) is 30.3 Å². The summed E-state index contributed by atoms with van der Waals surface area (Å²) >= 11 is 0. The Morgan fingerprint density at radius 1 is 1.25 bits per heavy atom. The van der Waals surface area contributed by atoms with Gasteiger partial charge in [-0.3, -0.25) is 4.79 Å². The highest BCUT2D eigenvalue weighted by Gasteiger charge is 2.14. The van der Waals surface area contributed by atoms with Gasteiger partial charge in [-0.1, -0.05) is 0 Å². The number of rotatable bonds is 2. The van der Waals surface area contributed by atoms with Gasteiger partial charge in [-0.05, 0) is 36.8 Å². The smallest absolute Gasteiger partial charge is 0.255 e.